The van der Waals surface area contributed by atoms with Crippen molar-refractivity contribution >= 4 is 28.6 Å². The maximum absolute atomic E-state index is 14.8. The van der Waals surface area contributed by atoms with Crippen molar-refractivity contribution in [2.75, 3.05) is 12.3 Å². The van der Waals surface area contributed by atoms with Crippen molar-refractivity contribution in [2.24, 2.45) is 0 Å². The Hall–Kier alpha value is -2.54. The van der Waals surface area contributed by atoms with E-state index >= 15 is 0 Å². The van der Waals surface area contributed by atoms with Crippen molar-refractivity contribution in [1.29, 1.82) is 0 Å². The molecule has 3 N–H and O–H groups in total. The normalized spacial score (nSPS) is 24.2. The predicted molar refractivity (Wildman–Crippen MR) is 101 cm³/mol. The molecule has 8 nitrogen and oxygen atoms in total. The van der Waals surface area contributed by atoms with Crippen LogP contribution in [0.4, 0.5) is 23.4 Å². The van der Waals surface area contributed by atoms with E-state index in [1.54, 1.807) is 0 Å². The number of nitrogen functional groups attached to an aromatic ring is 1. The van der Waals surface area contributed by atoms with Crippen LogP contribution in [0.3, 0.4) is 0 Å². The van der Waals surface area contributed by atoms with Gasteiger partial charge in [-0.2, -0.15) is 23.1 Å². The molecule has 2 aromatic heterocycles. The van der Waals surface area contributed by atoms with E-state index in [4.69, 9.17) is 26.8 Å². The molecule has 1 aromatic carbocycles. The van der Waals surface area contributed by atoms with Gasteiger partial charge in [0.25, 0.3) is 0 Å². The van der Waals surface area contributed by atoms with Gasteiger partial charge in [-0.25, -0.2) is 9.37 Å². The number of hydrogen-bond donors (Lipinski definition) is 2. The summed E-state index contributed by atoms with van der Waals surface area (Å²) in [6, 6.07) is 4.94. The number of aliphatic hydroxyl groups is 1. The number of alkyl halides is 4. The second kappa shape index (κ2) is 8.19. The van der Waals surface area contributed by atoms with Crippen LogP contribution in [0.2, 0.25) is 5.28 Å². The highest BCUT2D eigenvalue weighted by atomic mass is 35.5. The number of nitrogens with two attached hydrogens (primary N) is 1. The zero-order chi connectivity index (χ0) is 22.3. The molecular formula is C18H16ClF4N5O3. The quantitative estimate of drug-likeness (QED) is 0.444. The van der Waals surface area contributed by atoms with Gasteiger partial charge in [0.2, 0.25) is 5.28 Å². The number of halogens is 5. The summed E-state index contributed by atoms with van der Waals surface area (Å²) in [5.41, 5.74) is 5.10. The first-order valence-corrected chi connectivity index (χ1v) is 9.40. The van der Waals surface area contributed by atoms with E-state index in [1.807, 2.05) is 0 Å². The fourth-order valence-corrected chi connectivity index (χ4v) is 3.54. The summed E-state index contributed by atoms with van der Waals surface area (Å²) in [6.45, 7) is -0.730. The molecule has 3 aromatic rings. The second-order valence-corrected chi connectivity index (χ2v) is 7.21. The minimum Gasteiger partial charge on any atom is -0.387 e. The minimum absolute atomic E-state index is 0.00841. The van der Waals surface area contributed by atoms with Gasteiger partial charge < -0.3 is 20.3 Å². The molecule has 0 spiro atoms. The number of hydrogen-bond acceptors (Lipinski definition) is 7. The van der Waals surface area contributed by atoms with Gasteiger partial charge in [0.1, 0.15) is 17.7 Å². The molecule has 0 bridgehead atoms. The number of rotatable bonds is 5. The average molecular weight is 462 g/mol. The standard InChI is InChI=1S/C18H16ClF4N5O3/c19-17-26-14(24)12-15(27-17)28(7-25-12)16-11(20)13(29)10(31-16)6-30-5-8-3-1-2-4-9(8)18(21,22)23/h1-4,7,10-11,13,16,29H,5-6H2,(H2,24,26,27)/t10-,11+,13-,16-/m1/s1. The fraction of sp³-hybridized carbons (Fsp3) is 0.389. The average Bonchev–Trinajstić information content (AvgIpc) is 3.24. The van der Waals surface area contributed by atoms with E-state index in [0.717, 1.165) is 6.07 Å². The lowest BCUT2D eigenvalue weighted by Gasteiger charge is -2.17. The van der Waals surface area contributed by atoms with Crippen LogP contribution >= 0.6 is 11.6 Å². The molecule has 0 radical (unpaired) electrons. The van der Waals surface area contributed by atoms with Crippen molar-refractivity contribution in [1.82, 2.24) is 19.5 Å². The van der Waals surface area contributed by atoms with Crippen LogP contribution in [-0.2, 0) is 22.3 Å². The Balaban J connectivity index is 1.47. The number of aliphatic hydroxyl groups excluding tert-OH is 1. The van der Waals surface area contributed by atoms with E-state index in [0.29, 0.717) is 0 Å². The minimum atomic E-state index is -4.54. The van der Waals surface area contributed by atoms with Gasteiger partial charge in [-0.1, -0.05) is 18.2 Å². The summed E-state index contributed by atoms with van der Waals surface area (Å²) >= 11 is 5.80. The van der Waals surface area contributed by atoms with Crippen molar-refractivity contribution in [3.8, 4) is 0 Å². The number of nitrogens with zero attached hydrogens (tertiary/aromatic N) is 4. The maximum Gasteiger partial charge on any atom is 0.416 e. The van der Waals surface area contributed by atoms with E-state index in [9.17, 15) is 22.7 Å². The van der Waals surface area contributed by atoms with Crippen molar-refractivity contribution < 1.29 is 32.1 Å². The number of fused-ring (bicyclic) bond motifs is 1. The number of anilines is 1. The Morgan fingerprint density at radius 3 is 2.74 bits per heavy atom. The third-order valence-electron chi connectivity index (χ3n) is 4.85. The molecule has 3 heterocycles. The van der Waals surface area contributed by atoms with E-state index in [-0.39, 0.29) is 34.4 Å². The Bertz CT molecular complexity index is 1100. The lowest BCUT2D eigenvalue weighted by molar-refractivity contribution is -0.139. The zero-order valence-corrected chi connectivity index (χ0v) is 16.4. The molecule has 0 amide bonds. The smallest absolute Gasteiger partial charge is 0.387 e. The summed E-state index contributed by atoms with van der Waals surface area (Å²) in [6.07, 6.45) is -9.24. The highest BCUT2D eigenvalue weighted by Crippen LogP contribution is 2.35. The van der Waals surface area contributed by atoms with Crippen LogP contribution in [0, 0.1) is 0 Å². The van der Waals surface area contributed by atoms with E-state index in [2.05, 4.69) is 15.0 Å². The van der Waals surface area contributed by atoms with Gasteiger partial charge in [0.15, 0.2) is 23.9 Å². The molecule has 1 fully saturated rings. The molecule has 13 heteroatoms. The lowest BCUT2D eigenvalue weighted by atomic mass is 10.1. The highest BCUT2D eigenvalue weighted by Gasteiger charge is 2.46. The van der Waals surface area contributed by atoms with Crippen molar-refractivity contribution in [3.05, 3.63) is 47.0 Å². The SMILES string of the molecule is Nc1nc(Cl)nc2c1ncn2[C@@H]1O[C@H](COCc2ccccc2C(F)(F)F)[C@@H](O)[C@@H]1F. The summed E-state index contributed by atoms with van der Waals surface area (Å²) in [4.78, 5) is 11.7. The fourth-order valence-electron chi connectivity index (χ4n) is 3.37. The Morgan fingerprint density at radius 1 is 1.26 bits per heavy atom. The Morgan fingerprint density at radius 2 is 2.00 bits per heavy atom. The van der Waals surface area contributed by atoms with E-state index < -0.39 is 43.0 Å². The third-order valence-corrected chi connectivity index (χ3v) is 5.02. The molecule has 1 saturated heterocycles. The molecule has 1 aliphatic heterocycles. The van der Waals surface area contributed by atoms with Gasteiger partial charge in [-0.15, -0.1) is 0 Å². The first-order chi connectivity index (χ1) is 14.7. The zero-order valence-electron chi connectivity index (χ0n) is 15.6. The lowest BCUT2D eigenvalue weighted by Crippen LogP contribution is -2.31. The predicted octanol–water partition coefficient (Wildman–Crippen LogP) is 2.89. The van der Waals surface area contributed by atoms with Crippen LogP contribution < -0.4 is 5.73 Å². The summed E-state index contributed by atoms with van der Waals surface area (Å²) in [5, 5.41) is 10.0. The molecule has 31 heavy (non-hydrogen) atoms. The number of benzene rings is 1. The molecule has 0 aliphatic carbocycles. The monoisotopic (exact) mass is 461 g/mol. The number of ether oxygens (including phenoxy) is 2. The molecule has 1 aliphatic rings. The van der Waals surface area contributed by atoms with Crippen LogP contribution in [0.25, 0.3) is 11.2 Å². The number of aromatic nitrogens is 4. The van der Waals surface area contributed by atoms with Crippen LogP contribution in [0.1, 0.15) is 17.4 Å². The Kier molecular flexibility index (Phi) is 5.73. The molecular weight excluding hydrogens is 446 g/mol. The molecule has 4 rings (SSSR count). The first kappa shape index (κ1) is 21.7. The molecule has 0 unspecified atom stereocenters. The highest BCUT2D eigenvalue weighted by molar-refractivity contribution is 6.28. The Labute approximate surface area is 177 Å². The first-order valence-electron chi connectivity index (χ1n) is 9.03. The van der Waals surface area contributed by atoms with Crippen LogP contribution in [0.5, 0.6) is 0 Å². The molecule has 0 saturated carbocycles. The topological polar surface area (TPSA) is 108 Å². The van der Waals surface area contributed by atoms with E-state index in [1.165, 1.54) is 29.1 Å². The number of imidazole rings is 1. The summed E-state index contributed by atoms with van der Waals surface area (Å²) in [5.74, 6) is -0.00841. The second-order valence-electron chi connectivity index (χ2n) is 6.87. The maximum atomic E-state index is 14.8. The van der Waals surface area contributed by atoms with Crippen molar-refractivity contribution in [3.63, 3.8) is 0 Å². The van der Waals surface area contributed by atoms with Gasteiger partial charge >= 0.3 is 6.18 Å². The van der Waals surface area contributed by atoms with Gasteiger partial charge in [-0.3, -0.25) is 4.57 Å². The van der Waals surface area contributed by atoms with Crippen LogP contribution in [-0.4, -0.2) is 49.6 Å². The third kappa shape index (κ3) is 4.15. The van der Waals surface area contributed by atoms with Gasteiger partial charge in [0, 0.05) is 0 Å². The summed E-state index contributed by atoms with van der Waals surface area (Å²) in [7, 11) is 0. The molecule has 166 valence electrons. The largest absolute Gasteiger partial charge is 0.416 e. The molecule has 4 atom stereocenters. The van der Waals surface area contributed by atoms with Crippen molar-refractivity contribution in [2.45, 2.75) is 37.4 Å². The van der Waals surface area contributed by atoms with Crippen LogP contribution in [0.15, 0.2) is 30.6 Å². The van der Waals surface area contributed by atoms with Gasteiger partial charge in [-0.05, 0) is 23.2 Å². The summed E-state index contributed by atoms with van der Waals surface area (Å²) < 4.78 is 66.1. The van der Waals surface area contributed by atoms with Gasteiger partial charge in [0.05, 0.1) is 25.1 Å².